The summed E-state index contributed by atoms with van der Waals surface area (Å²) in [6.07, 6.45) is 3.01. The molecular formula is C24H27N5O2. The topological polar surface area (TPSA) is 105 Å². The molecule has 0 radical (unpaired) electrons. The number of aromatic nitrogens is 2. The maximum atomic E-state index is 9.73. The highest BCUT2D eigenvalue weighted by Crippen LogP contribution is 2.33. The second kappa shape index (κ2) is 9.19. The van der Waals surface area contributed by atoms with E-state index in [4.69, 9.17) is 5.26 Å². The summed E-state index contributed by atoms with van der Waals surface area (Å²) in [5.74, 6) is 1.81. The van der Waals surface area contributed by atoms with Crippen molar-refractivity contribution in [3.05, 3.63) is 53.1 Å². The summed E-state index contributed by atoms with van der Waals surface area (Å²) >= 11 is 0. The molecule has 1 atom stereocenters. The number of phenols is 1. The van der Waals surface area contributed by atoms with Gasteiger partial charge in [-0.3, -0.25) is 0 Å². The Kier molecular flexibility index (Phi) is 6.19. The molecule has 0 amide bonds. The molecule has 3 aromatic rings. The van der Waals surface area contributed by atoms with Crippen LogP contribution >= 0.6 is 0 Å². The number of anilines is 2. The van der Waals surface area contributed by atoms with Crippen molar-refractivity contribution in [2.24, 2.45) is 5.92 Å². The number of rotatable bonds is 7. The number of benzene rings is 2. The largest absolute Gasteiger partial charge is 0.507 e. The molecule has 1 saturated heterocycles. The monoisotopic (exact) mass is 417 g/mol. The third-order valence-electron chi connectivity index (χ3n) is 5.85. The molecule has 1 aliphatic rings. The lowest BCUT2D eigenvalue weighted by molar-refractivity contribution is 0.238. The SMILES string of the molecule is CCCc1ccc2c(N3CCC(CO)C3)nnc(NCc3ccc(O)c(C#N)c3)c2c1. The van der Waals surface area contributed by atoms with Gasteiger partial charge in [-0.2, -0.15) is 5.26 Å². The van der Waals surface area contributed by atoms with Gasteiger partial charge in [-0.25, -0.2) is 0 Å². The second-order valence-corrected chi connectivity index (χ2v) is 8.10. The number of aliphatic hydroxyl groups is 1. The summed E-state index contributed by atoms with van der Waals surface area (Å²) in [6.45, 7) is 4.47. The van der Waals surface area contributed by atoms with Crippen LogP contribution in [0.1, 0.15) is 36.5 Å². The number of aryl methyl sites for hydroxylation is 1. The maximum absolute atomic E-state index is 9.73. The van der Waals surface area contributed by atoms with Gasteiger partial charge in [0, 0.05) is 42.9 Å². The third-order valence-corrected chi connectivity index (χ3v) is 5.85. The smallest absolute Gasteiger partial charge is 0.159 e. The molecule has 2 heterocycles. The van der Waals surface area contributed by atoms with Crippen molar-refractivity contribution in [2.75, 3.05) is 29.9 Å². The zero-order valence-corrected chi connectivity index (χ0v) is 17.7. The average molecular weight is 418 g/mol. The molecule has 7 heteroatoms. The molecule has 4 rings (SSSR count). The Morgan fingerprint density at radius 1 is 1.16 bits per heavy atom. The van der Waals surface area contributed by atoms with Crippen LogP contribution < -0.4 is 10.2 Å². The van der Waals surface area contributed by atoms with Crippen LogP contribution in [0, 0.1) is 17.2 Å². The quantitative estimate of drug-likeness (QED) is 0.539. The Morgan fingerprint density at radius 3 is 2.74 bits per heavy atom. The number of fused-ring (bicyclic) bond motifs is 1. The van der Waals surface area contributed by atoms with Gasteiger partial charge in [-0.15, -0.1) is 10.2 Å². The lowest BCUT2D eigenvalue weighted by Crippen LogP contribution is -2.22. The molecule has 160 valence electrons. The fourth-order valence-corrected chi connectivity index (χ4v) is 4.14. The summed E-state index contributed by atoms with van der Waals surface area (Å²) in [5, 5.41) is 42.8. The van der Waals surface area contributed by atoms with E-state index >= 15 is 0 Å². The fourth-order valence-electron chi connectivity index (χ4n) is 4.14. The Labute approximate surface area is 182 Å². The minimum absolute atomic E-state index is 0.0168. The fraction of sp³-hybridized carbons (Fsp3) is 0.375. The standard InChI is InChI=1S/C24H27N5O2/c1-2-3-16-4-6-20-21(11-16)23(26-13-17-5-7-22(31)19(10-17)12-25)27-28-24(20)29-9-8-18(14-29)15-30/h4-7,10-11,18,30-31H,2-3,8-9,13-15H2,1H3,(H,26,27). The molecule has 3 N–H and O–H groups in total. The molecular weight excluding hydrogens is 390 g/mol. The van der Waals surface area contributed by atoms with E-state index in [9.17, 15) is 10.2 Å². The third kappa shape index (κ3) is 4.39. The molecule has 1 aliphatic heterocycles. The van der Waals surface area contributed by atoms with Crippen molar-refractivity contribution in [2.45, 2.75) is 32.7 Å². The van der Waals surface area contributed by atoms with Crippen LogP contribution in [0.4, 0.5) is 11.6 Å². The van der Waals surface area contributed by atoms with Crippen LogP contribution in [0.2, 0.25) is 0 Å². The summed E-state index contributed by atoms with van der Waals surface area (Å²) in [5.41, 5.74) is 2.38. The van der Waals surface area contributed by atoms with Gasteiger partial charge in [0.05, 0.1) is 5.56 Å². The molecule has 1 aromatic heterocycles. The number of aliphatic hydroxyl groups excluding tert-OH is 1. The minimum atomic E-state index is -0.0168. The summed E-state index contributed by atoms with van der Waals surface area (Å²) in [6, 6.07) is 13.4. The Balaban J connectivity index is 1.67. The van der Waals surface area contributed by atoms with E-state index in [1.807, 2.05) is 6.07 Å². The zero-order valence-electron chi connectivity index (χ0n) is 17.7. The second-order valence-electron chi connectivity index (χ2n) is 8.10. The highest BCUT2D eigenvalue weighted by molar-refractivity contribution is 5.99. The summed E-state index contributed by atoms with van der Waals surface area (Å²) in [4.78, 5) is 2.21. The molecule has 7 nitrogen and oxygen atoms in total. The van der Waals surface area contributed by atoms with Crippen LogP contribution in [0.25, 0.3) is 10.8 Å². The van der Waals surface area contributed by atoms with E-state index in [1.165, 1.54) is 11.6 Å². The van der Waals surface area contributed by atoms with Gasteiger partial charge < -0.3 is 20.4 Å². The Hall–Kier alpha value is -3.37. The lowest BCUT2D eigenvalue weighted by atomic mass is 10.0. The van der Waals surface area contributed by atoms with Crippen molar-refractivity contribution in [1.82, 2.24) is 10.2 Å². The average Bonchev–Trinajstić information content (AvgIpc) is 3.27. The van der Waals surface area contributed by atoms with E-state index in [1.54, 1.807) is 12.1 Å². The van der Waals surface area contributed by atoms with E-state index in [0.29, 0.717) is 12.4 Å². The summed E-state index contributed by atoms with van der Waals surface area (Å²) < 4.78 is 0. The molecule has 0 saturated carbocycles. The number of nitrogens with one attached hydrogen (secondary N) is 1. The van der Waals surface area contributed by atoms with Gasteiger partial charge in [-0.05, 0) is 42.2 Å². The van der Waals surface area contributed by atoms with E-state index < -0.39 is 0 Å². The number of nitrogens with zero attached hydrogens (tertiary/aromatic N) is 4. The maximum Gasteiger partial charge on any atom is 0.159 e. The summed E-state index contributed by atoms with van der Waals surface area (Å²) in [7, 11) is 0. The predicted octanol–water partition coefficient (Wildman–Crippen LogP) is 3.59. The van der Waals surface area contributed by atoms with Crippen molar-refractivity contribution in [1.29, 1.82) is 5.26 Å². The predicted molar refractivity (Wildman–Crippen MR) is 121 cm³/mol. The minimum Gasteiger partial charge on any atom is -0.507 e. The number of nitriles is 1. The molecule has 2 aromatic carbocycles. The molecule has 0 bridgehead atoms. The van der Waals surface area contributed by atoms with Crippen molar-refractivity contribution >= 4 is 22.4 Å². The van der Waals surface area contributed by atoms with Crippen LogP contribution in [0.5, 0.6) is 5.75 Å². The van der Waals surface area contributed by atoms with Crippen molar-refractivity contribution in [3.8, 4) is 11.8 Å². The molecule has 0 aliphatic carbocycles. The first-order chi connectivity index (χ1) is 15.1. The van der Waals surface area contributed by atoms with Crippen molar-refractivity contribution < 1.29 is 10.2 Å². The van der Waals surface area contributed by atoms with Gasteiger partial charge in [0.15, 0.2) is 11.6 Å². The van der Waals surface area contributed by atoms with Crippen LogP contribution in [0.15, 0.2) is 36.4 Å². The number of hydrogen-bond donors (Lipinski definition) is 3. The Morgan fingerprint density at radius 2 is 2.00 bits per heavy atom. The molecule has 1 fully saturated rings. The number of hydrogen-bond acceptors (Lipinski definition) is 7. The molecule has 0 spiro atoms. The zero-order chi connectivity index (χ0) is 21.8. The van der Waals surface area contributed by atoms with Gasteiger partial charge in [0.1, 0.15) is 11.8 Å². The first-order valence-corrected chi connectivity index (χ1v) is 10.7. The van der Waals surface area contributed by atoms with E-state index in [2.05, 4.69) is 45.5 Å². The highest BCUT2D eigenvalue weighted by atomic mass is 16.3. The highest BCUT2D eigenvalue weighted by Gasteiger charge is 2.25. The Bertz CT molecular complexity index is 1120. The van der Waals surface area contributed by atoms with Gasteiger partial charge >= 0.3 is 0 Å². The van der Waals surface area contributed by atoms with Crippen LogP contribution in [-0.2, 0) is 13.0 Å². The van der Waals surface area contributed by atoms with Gasteiger partial charge in [-0.1, -0.05) is 31.5 Å². The van der Waals surface area contributed by atoms with Gasteiger partial charge in [0.25, 0.3) is 0 Å². The van der Waals surface area contributed by atoms with Crippen molar-refractivity contribution in [3.63, 3.8) is 0 Å². The normalized spacial score (nSPS) is 15.9. The number of phenolic OH excluding ortho intramolecular Hbond substituents is 1. The molecule has 1 unspecified atom stereocenters. The lowest BCUT2D eigenvalue weighted by Gasteiger charge is -2.20. The van der Waals surface area contributed by atoms with Crippen LogP contribution in [0.3, 0.4) is 0 Å². The first kappa shape index (κ1) is 20.9. The molecule has 31 heavy (non-hydrogen) atoms. The van der Waals surface area contributed by atoms with E-state index in [-0.39, 0.29) is 23.8 Å². The van der Waals surface area contributed by atoms with Gasteiger partial charge in [0.2, 0.25) is 0 Å². The van der Waals surface area contributed by atoms with E-state index in [0.717, 1.165) is 54.5 Å². The van der Waals surface area contributed by atoms with Crippen LogP contribution in [-0.4, -0.2) is 40.1 Å². The number of aromatic hydroxyl groups is 1. The first-order valence-electron chi connectivity index (χ1n) is 10.7.